The summed E-state index contributed by atoms with van der Waals surface area (Å²) in [4.78, 5) is 11.9. The van der Waals surface area contributed by atoms with Crippen molar-refractivity contribution in [3.05, 3.63) is 22.4 Å². The summed E-state index contributed by atoms with van der Waals surface area (Å²) in [5.41, 5.74) is 0.701. The van der Waals surface area contributed by atoms with E-state index >= 15 is 0 Å². The van der Waals surface area contributed by atoms with Gasteiger partial charge in [-0.25, -0.2) is 0 Å². The molecule has 0 atom stereocenters. The van der Waals surface area contributed by atoms with E-state index in [4.69, 9.17) is 0 Å². The number of hydrogen-bond donors (Lipinski definition) is 1. The molecule has 0 fully saturated rings. The Bertz CT molecular complexity index is 399. The summed E-state index contributed by atoms with van der Waals surface area (Å²) >= 11 is 3.37. The number of nitrogens with one attached hydrogen (secondary N) is 1. The molecule has 0 aliphatic rings. The third-order valence-electron chi connectivity index (χ3n) is 3.20. The van der Waals surface area contributed by atoms with Crippen LogP contribution in [0, 0.1) is 5.92 Å². The summed E-state index contributed by atoms with van der Waals surface area (Å²) < 4.78 is 2.77. The molecule has 1 aromatic heterocycles. The molecular formula is C15H25BrN2O. The molecule has 0 aromatic carbocycles. The summed E-state index contributed by atoms with van der Waals surface area (Å²) in [5.74, 6) is 0.811. The Morgan fingerprint density at radius 1 is 1.32 bits per heavy atom. The van der Waals surface area contributed by atoms with Crippen molar-refractivity contribution < 1.29 is 4.79 Å². The van der Waals surface area contributed by atoms with E-state index in [1.807, 2.05) is 23.9 Å². The number of carbonyl (C=O) groups excluding carboxylic acids is 1. The third-order valence-corrected chi connectivity index (χ3v) is 3.63. The van der Waals surface area contributed by atoms with E-state index in [-0.39, 0.29) is 5.91 Å². The topological polar surface area (TPSA) is 34.0 Å². The van der Waals surface area contributed by atoms with E-state index in [0.717, 1.165) is 23.4 Å². The first-order valence-electron chi connectivity index (χ1n) is 7.10. The molecule has 0 bridgehead atoms. The average molecular weight is 329 g/mol. The van der Waals surface area contributed by atoms with Gasteiger partial charge in [-0.2, -0.15) is 0 Å². The first-order chi connectivity index (χ1) is 9.00. The predicted octanol–water partition coefficient (Wildman–Crippen LogP) is 4.12. The maximum atomic E-state index is 11.9. The molecule has 1 rings (SSSR count). The largest absolute Gasteiger partial charge is 0.351 e. The Morgan fingerprint density at radius 2 is 2.00 bits per heavy atom. The zero-order valence-corrected chi connectivity index (χ0v) is 13.8. The lowest BCUT2D eigenvalue weighted by Crippen LogP contribution is -2.26. The van der Waals surface area contributed by atoms with Gasteiger partial charge in [0.25, 0.3) is 5.91 Å². The number of unbranched alkanes of at least 4 members (excludes halogenated alkanes) is 3. The van der Waals surface area contributed by atoms with E-state index in [1.165, 1.54) is 25.7 Å². The molecule has 0 spiro atoms. The number of aromatic nitrogens is 1. The van der Waals surface area contributed by atoms with Crippen molar-refractivity contribution in [3.8, 4) is 0 Å². The Labute approximate surface area is 124 Å². The molecule has 0 aliphatic carbocycles. The van der Waals surface area contributed by atoms with Crippen LogP contribution in [0.15, 0.2) is 16.7 Å². The first-order valence-corrected chi connectivity index (χ1v) is 7.90. The molecule has 0 radical (unpaired) electrons. The van der Waals surface area contributed by atoms with Gasteiger partial charge >= 0.3 is 0 Å². The van der Waals surface area contributed by atoms with Gasteiger partial charge in [-0.05, 0) is 34.3 Å². The van der Waals surface area contributed by atoms with Gasteiger partial charge in [0.05, 0.1) is 0 Å². The highest BCUT2D eigenvalue weighted by Crippen LogP contribution is 2.13. The Morgan fingerprint density at radius 3 is 2.58 bits per heavy atom. The van der Waals surface area contributed by atoms with Crippen LogP contribution in [0.5, 0.6) is 0 Å². The lowest BCUT2D eigenvalue weighted by molar-refractivity contribution is 0.0945. The van der Waals surface area contributed by atoms with Crippen molar-refractivity contribution in [2.45, 2.75) is 46.0 Å². The minimum Gasteiger partial charge on any atom is -0.351 e. The number of aryl methyl sites for hydroxylation is 1. The minimum atomic E-state index is 0.00961. The van der Waals surface area contributed by atoms with E-state index in [9.17, 15) is 4.79 Å². The summed E-state index contributed by atoms with van der Waals surface area (Å²) in [7, 11) is 1.88. The van der Waals surface area contributed by atoms with Crippen LogP contribution >= 0.6 is 15.9 Å². The monoisotopic (exact) mass is 328 g/mol. The minimum absolute atomic E-state index is 0.00961. The Hall–Kier alpha value is -0.770. The molecule has 3 nitrogen and oxygen atoms in total. The van der Waals surface area contributed by atoms with Crippen molar-refractivity contribution >= 4 is 21.8 Å². The molecule has 0 saturated carbocycles. The van der Waals surface area contributed by atoms with Gasteiger partial charge in [0.15, 0.2) is 0 Å². The maximum absolute atomic E-state index is 11.9. The van der Waals surface area contributed by atoms with Crippen LogP contribution in [-0.2, 0) is 7.05 Å². The van der Waals surface area contributed by atoms with Gasteiger partial charge in [-0.15, -0.1) is 0 Å². The van der Waals surface area contributed by atoms with E-state index in [0.29, 0.717) is 5.69 Å². The second kappa shape index (κ2) is 8.41. The lowest BCUT2D eigenvalue weighted by atomic mass is 10.0. The lowest BCUT2D eigenvalue weighted by Gasteiger charge is -2.06. The fraction of sp³-hybridized carbons (Fsp3) is 0.667. The molecule has 4 heteroatoms. The summed E-state index contributed by atoms with van der Waals surface area (Å²) in [6.07, 6.45) is 8.03. The predicted molar refractivity (Wildman–Crippen MR) is 83.4 cm³/mol. The summed E-state index contributed by atoms with van der Waals surface area (Å²) in [6.45, 7) is 5.29. The number of amides is 1. The van der Waals surface area contributed by atoms with E-state index in [2.05, 4.69) is 35.1 Å². The molecule has 1 aromatic rings. The summed E-state index contributed by atoms with van der Waals surface area (Å²) in [6, 6.07) is 1.85. The van der Waals surface area contributed by atoms with Crippen molar-refractivity contribution in [1.29, 1.82) is 0 Å². The molecular weight excluding hydrogens is 304 g/mol. The van der Waals surface area contributed by atoms with Gasteiger partial charge in [0.1, 0.15) is 5.69 Å². The van der Waals surface area contributed by atoms with Gasteiger partial charge in [0.2, 0.25) is 0 Å². The van der Waals surface area contributed by atoms with Crippen molar-refractivity contribution in [1.82, 2.24) is 9.88 Å². The smallest absolute Gasteiger partial charge is 0.267 e. The normalized spacial score (nSPS) is 11.0. The zero-order chi connectivity index (χ0) is 14.3. The van der Waals surface area contributed by atoms with Gasteiger partial charge in [0, 0.05) is 24.3 Å². The number of halogens is 1. The number of carbonyl (C=O) groups is 1. The van der Waals surface area contributed by atoms with Crippen LogP contribution in [0.4, 0.5) is 0 Å². The van der Waals surface area contributed by atoms with E-state index < -0.39 is 0 Å². The average Bonchev–Trinajstić information content (AvgIpc) is 2.66. The molecule has 1 N–H and O–H groups in total. The highest BCUT2D eigenvalue weighted by molar-refractivity contribution is 9.10. The van der Waals surface area contributed by atoms with Crippen molar-refractivity contribution in [3.63, 3.8) is 0 Å². The zero-order valence-electron chi connectivity index (χ0n) is 12.2. The van der Waals surface area contributed by atoms with Crippen LogP contribution in [0.25, 0.3) is 0 Å². The van der Waals surface area contributed by atoms with Gasteiger partial charge in [-0.3, -0.25) is 4.79 Å². The highest BCUT2D eigenvalue weighted by Gasteiger charge is 2.09. The summed E-state index contributed by atoms with van der Waals surface area (Å²) in [5, 5.41) is 2.97. The van der Waals surface area contributed by atoms with Crippen LogP contribution < -0.4 is 5.32 Å². The van der Waals surface area contributed by atoms with E-state index in [1.54, 1.807) is 0 Å². The molecule has 1 heterocycles. The first kappa shape index (κ1) is 16.3. The Kier molecular flexibility index (Phi) is 7.21. The molecule has 0 saturated heterocycles. The number of nitrogens with zero attached hydrogens (tertiary/aromatic N) is 1. The molecule has 0 aliphatic heterocycles. The van der Waals surface area contributed by atoms with Crippen LogP contribution in [0.1, 0.15) is 56.4 Å². The van der Waals surface area contributed by atoms with Gasteiger partial charge in [-0.1, -0.05) is 39.5 Å². The SMILES string of the molecule is CC(C)CCCCCCNC(=O)c1cc(Br)cn1C. The van der Waals surface area contributed by atoms with Crippen molar-refractivity contribution in [2.75, 3.05) is 6.54 Å². The second-order valence-electron chi connectivity index (χ2n) is 5.51. The maximum Gasteiger partial charge on any atom is 0.267 e. The fourth-order valence-electron chi connectivity index (χ4n) is 2.07. The second-order valence-corrected chi connectivity index (χ2v) is 6.42. The quantitative estimate of drug-likeness (QED) is 0.715. The van der Waals surface area contributed by atoms with Crippen LogP contribution in [-0.4, -0.2) is 17.0 Å². The molecule has 19 heavy (non-hydrogen) atoms. The molecule has 108 valence electrons. The standard InChI is InChI=1S/C15H25BrN2O/c1-12(2)8-6-4-5-7-9-17-15(19)14-10-13(16)11-18(14)3/h10-12H,4-9H2,1-3H3,(H,17,19). The molecule has 1 amide bonds. The third kappa shape index (κ3) is 6.28. The fourth-order valence-corrected chi connectivity index (χ4v) is 2.60. The number of rotatable bonds is 8. The van der Waals surface area contributed by atoms with Gasteiger partial charge < -0.3 is 9.88 Å². The van der Waals surface area contributed by atoms with Crippen LogP contribution in [0.3, 0.4) is 0 Å². The highest BCUT2D eigenvalue weighted by atomic mass is 79.9. The van der Waals surface area contributed by atoms with Crippen LogP contribution in [0.2, 0.25) is 0 Å². The molecule has 0 unspecified atom stereocenters. The van der Waals surface area contributed by atoms with Crippen molar-refractivity contribution in [2.24, 2.45) is 13.0 Å². The Balaban J connectivity index is 2.13. The number of hydrogen-bond acceptors (Lipinski definition) is 1.